The van der Waals surface area contributed by atoms with E-state index in [-0.39, 0.29) is 5.91 Å². The van der Waals surface area contributed by atoms with E-state index in [1.54, 1.807) is 23.7 Å². The number of benzene rings is 1. The molecule has 0 fully saturated rings. The van der Waals surface area contributed by atoms with Crippen LogP contribution in [0.25, 0.3) is 21.8 Å². The molecular weight excluding hydrogens is 282 g/mol. The van der Waals surface area contributed by atoms with Crippen LogP contribution >= 0.6 is 11.3 Å². The maximum Gasteiger partial charge on any atom is 0.221 e. The second kappa shape index (κ2) is 5.85. The highest BCUT2D eigenvalue weighted by Gasteiger charge is 2.06. The van der Waals surface area contributed by atoms with Gasteiger partial charge in [-0.3, -0.25) is 9.78 Å². The van der Waals surface area contributed by atoms with Crippen LogP contribution < -0.4 is 5.32 Å². The lowest BCUT2D eigenvalue weighted by molar-refractivity contribution is -0.114. The Morgan fingerprint density at radius 2 is 1.76 bits per heavy atom. The van der Waals surface area contributed by atoms with Crippen LogP contribution in [0.1, 0.15) is 6.92 Å². The topological polar surface area (TPSA) is 54.9 Å². The molecule has 1 N–H and O–H groups in total. The predicted molar refractivity (Wildman–Crippen MR) is 85.1 cm³/mol. The first-order chi connectivity index (χ1) is 10.2. The molecule has 0 aliphatic heterocycles. The Balaban J connectivity index is 1.85. The maximum atomic E-state index is 11.0. The van der Waals surface area contributed by atoms with Crippen molar-refractivity contribution in [1.29, 1.82) is 0 Å². The van der Waals surface area contributed by atoms with Crippen LogP contribution in [-0.2, 0) is 4.79 Å². The number of hydrogen-bond donors (Lipinski definition) is 1. The number of nitrogens with one attached hydrogen (secondary N) is 1. The van der Waals surface area contributed by atoms with Crippen molar-refractivity contribution in [3.05, 3.63) is 54.2 Å². The van der Waals surface area contributed by atoms with E-state index in [1.165, 1.54) is 6.92 Å². The molecule has 5 heteroatoms. The SMILES string of the molecule is CC(=O)Nc1ccc(-c2csc(-c3ccncc3)n2)cc1. The lowest BCUT2D eigenvalue weighted by atomic mass is 10.1. The fraction of sp³-hybridized carbons (Fsp3) is 0.0625. The van der Waals surface area contributed by atoms with Gasteiger partial charge in [-0.15, -0.1) is 11.3 Å². The van der Waals surface area contributed by atoms with Crippen molar-refractivity contribution in [3.63, 3.8) is 0 Å². The quantitative estimate of drug-likeness (QED) is 0.799. The minimum atomic E-state index is -0.0728. The zero-order valence-electron chi connectivity index (χ0n) is 11.4. The highest BCUT2D eigenvalue weighted by molar-refractivity contribution is 7.13. The van der Waals surface area contributed by atoms with Gasteiger partial charge >= 0.3 is 0 Å². The van der Waals surface area contributed by atoms with Gasteiger partial charge in [0.1, 0.15) is 5.01 Å². The third-order valence-electron chi connectivity index (χ3n) is 2.93. The van der Waals surface area contributed by atoms with Crippen molar-refractivity contribution in [3.8, 4) is 21.8 Å². The summed E-state index contributed by atoms with van der Waals surface area (Å²) in [6, 6.07) is 11.6. The molecule has 0 spiro atoms. The van der Waals surface area contributed by atoms with E-state index >= 15 is 0 Å². The van der Waals surface area contributed by atoms with Crippen LogP contribution in [0.5, 0.6) is 0 Å². The first-order valence-corrected chi connectivity index (χ1v) is 7.34. The van der Waals surface area contributed by atoms with Crippen LogP contribution in [-0.4, -0.2) is 15.9 Å². The van der Waals surface area contributed by atoms with Gasteiger partial charge in [0, 0.05) is 41.5 Å². The number of amides is 1. The van der Waals surface area contributed by atoms with Gasteiger partial charge in [0.2, 0.25) is 5.91 Å². The Kier molecular flexibility index (Phi) is 3.75. The molecule has 3 rings (SSSR count). The van der Waals surface area contributed by atoms with Gasteiger partial charge in [0.05, 0.1) is 5.69 Å². The minimum Gasteiger partial charge on any atom is -0.326 e. The van der Waals surface area contributed by atoms with Gasteiger partial charge in [0.15, 0.2) is 0 Å². The lowest BCUT2D eigenvalue weighted by Gasteiger charge is -2.02. The molecule has 0 unspecified atom stereocenters. The molecule has 4 nitrogen and oxygen atoms in total. The monoisotopic (exact) mass is 295 g/mol. The molecule has 0 atom stereocenters. The zero-order valence-corrected chi connectivity index (χ0v) is 12.2. The molecule has 0 aliphatic carbocycles. The Labute approximate surface area is 126 Å². The van der Waals surface area contributed by atoms with Crippen molar-refractivity contribution in [2.75, 3.05) is 5.32 Å². The molecule has 0 saturated carbocycles. The molecule has 1 amide bonds. The number of carbonyl (C=O) groups excluding carboxylic acids is 1. The number of aromatic nitrogens is 2. The van der Waals surface area contributed by atoms with Crippen molar-refractivity contribution in [2.45, 2.75) is 6.92 Å². The second-order valence-corrected chi connectivity index (χ2v) is 5.39. The van der Waals surface area contributed by atoms with Crippen molar-refractivity contribution < 1.29 is 4.79 Å². The molecule has 104 valence electrons. The maximum absolute atomic E-state index is 11.0. The number of anilines is 1. The van der Waals surface area contributed by atoms with Gasteiger partial charge < -0.3 is 5.32 Å². The number of carbonyl (C=O) groups is 1. The highest BCUT2D eigenvalue weighted by Crippen LogP contribution is 2.29. The van der Waals surface area contributed by atoms with Crippen LogP contribution in [0, 0.1) is 0 Å². The van der Waals surface area contributed by atoms with Crippen molar-refractivity contribution >= 4 is 22.9 Å². The van der Waals surface area contributed by atoms with Gasteiger partial charge in [-0.05, 0) is 24.3 Å². The Bertz CT molecular complexity index is 751. The summed E-state index contributed by atoms with van der Waals surface area (Å²) in [5, 5.41) is 5.75. The number of rotatable bonds is 3. The summed E-state index contributed by atoms with van der Waals surface area (Å²) in [4.78, 5) is 19.7. The third kappa shape index (κ3) is 3.14. The first kappa shape index (κ1) is 13.5. The average Bonchev–Trinajstić information content (AvgIpc) is 2.98. The molecule has 2 heterocycles. The zero-order chi connectivity index (χ0) is 14.7. The molecule has 2 aromatic heterocycles. The number of thiazole rings is 1. The van der Waals surface area contributed by atoms with Gasteiger partial charge in [-0.25, -0.2) is 4.98 Å². The number of pyridine rings is 1. The predicted octanol–water partition coefficient (Wildman–Crippen LogP) is 3.83. The summed E-state index contributed by atoms with van der Waals surface area (Å²) < 4.78 is 0. The molecule has 0 aliphatic rings. The molecule has 3 aromatic rings. The minimum absolute atomic E-state index is 0.0728. The van der Waals surface area contributed by atoms with Gasteiger partial charge in [-0.1, -0.05) is 12.1 Å². The van der Waals surface area contributed by atoms with Crippen molar-refractivity contribution in [2.24, 2.45) is 0 Å². The third-order valence-corrected chi connectivity index (χ3v) is 3.82. The lowest BCUT2D eigenvalue weighted by Crippen LogP contribution is -2.05. The van der Waals surface area contributed by atoms with Crippen LogP contribution in [0.15, 0.2) is 54.2 Å². The van der Waals surface area contributed by atoms with Crippen LogP contribution in [0.4, 0.5) is 5.69 Å². The van der Waals surface area contributed by atoms with E-state index in [4.69, 9.17) is 0 Å². The summed E-state index contributed by atoms with van der Waals surface area (Å²) in [6.45, 7) is 1.50. The van der Waals surface area contributed by atoms with Gasteiger partial charge in [0.25, 0.3) is 0 Å². The van der Waals surface area contributed by atoms with E-state index < -0.39 is 0 Å². The average molecular weight is 295 g/mol. The second-order valence-electron chi connectivity index (χ2n) is 4.53. The molecule has 21 heavy (non-hydrogen) atoms. The summed E-state index contributed by atoms with van der Waals surface area (Å²) in [5.41, 5.74) is 3.81. The summed E-state index contributed by atoms with van der Waals surface area (Å²) in [5.74, 6) is -0.0728. The van der Waals surface area contributed by atoms with Gasteiger partial charge in [-0.2, -0.15) is 0 Å². The summed E-state index contributed by atoms with van der Waals surface area (Å²) in [6.07, 6.45) is 3.53. The van der Waals surface area contributed by atoms with E-state index in [2.05, 4.69) is 15.3 Å². The molecule has 1 aromatic carbocycles. The Hall–Kier alpha value is -2.53. The fourth-order valence-corrected chi connectivity index (χ4v) is 2.80. The molecule has 0 saturated heterocycles. The first-order valence-electron chi connectivity index (χ1n) is 6.46. The smallest absolute Gasteiger partial charge is 0.221 e. The Morgan fingerprint density at radius 1 is 1.05 bits per heavy atom. The van der Waals surface area contributed by atoms with E-state index in [1.807, 2.05) is 41.8 Å². The van der Waals surface area contributed by atoms with E-state index in [0.29, 0.717) is 0 Å². The normalized spacial score (nSPS) is 10.3. The fourth-order valence-electron chi connectivity index (χ4n) is 1.96. The summed E-state index contributed by atoms with van der Waals surface area (Å²) in [7, 11) is 0. The molecule has 0 bridgehead atoms. The largest absolute Gasteiger partial charge is 0.326 e. The van der Waals surface area contributed by atoms with E-state index in [9.17, 15) is 4.79 Å². The van der Waals surface area contributed by atoms with E-state index in [0.717, 1.165) is 27.5 Å². The van der Waals surface area contributed by atoms with Crippen LogP contribution in [0.3, 0.4) is 0 Å². The Morgan fingerprint density at radius 3 is 2.43 bits per heavy atom. The standard InChI is InChI=1S/C16H13N3OS/c1-11(20)18-14-4-2-12(3-5-14)15-10-21-16(19-15)13-6-8-17-9-7-13/h2-10H,1H3,(H,18,20). The van der Waals surface area contributed by atoms with Crippen LogP contribution in [0.2, 0.25) is 0 Å². The molecular formula is C16H13N3OS. The van der Waals surface area contributed by atoms with Crippen molar-refractivity contribution in [1.82, 2.24) is 9.97 Å². The summed E-state index contributed by atoms with van der Waals surface area (Å²) >= 11 is 1.60. The molecule has 0 radical (unpaired) electrons. The highest BCUT2D eigenvalue weighted by atomic mass is 32.1. The number of hydrogen-bond acceptors (Lipinski definition) is 4. The number of nitrogens with zero attached hydrogens (tertiary/aromatic N) is 2.